The van der Waals surface area contributed by atoms with Gasteiger partial charge in [0.1, 0.15) is 0 Å². The zero-order chi connectivity index (χ0) is 18.6. The molecule has 25 heavy (non-hydrogen) atoms. The Bertz CT molecular complexity index is 278. The second-order valence-corrected chi connectivity index (χ2v) is 7.44. The SMILES string of the molecule is CCCCCCC(O)CCCCCCCCCCC(=O)OCCCC. The lowest BCUT2D eigenvalue weighted by molar-refractivity contribution is -0.143. The van der Waals surface area contributed by atoms with Crippen LogP contribution in [0.1, 0.15) is 123 Å². The van der Waals surface area contributed by atoms with E-state index in [1.807, 2.05) is 0 Å². The van der Waals surface area contributed by atoms with Crippen LogP contribution in [0.25, 0.3) is 0 Å². The molecule has 0 heterocycles. The van der Waals surface area contributed by atoms with Crippen LogP contribution in [0.4, 0.5) is 0 Å². The number of ether oxygens (including phenoxy) is 1. The van der Waals surface area contributed by atoms with Crippen LogP contribution in [0.5, 0.6) is 0 Å². The van der Waals surface area contributed by atoms with E-state index in [1.54, 1.807) is 0 Å². The van der Waals surface area contributed by atoms with Crippen LogP contribution in [0.15, 0.2) is 0 Å². The molecule has 0 aromatic heterocycles. The quantitative estimate of drug-likeness (QED) is 0.210. The standard InChI is InChI=1S/C22H44O3/c1-3-5-7-14-17-21(23)18-15-12-10-8-9-11-13-16-19-22(24)25-20-6-4-2/h21,23H,3-20H2,1-2H3. The van der Waals surface area contributed by atoms with Crippen molar-refractivity contribution in [1.29, 1.82) is 0 Å². The first-order valence-electron chi connectivity index (χ1n) is 11.0. The summed E-state index contributed by atoms with van der Waals surface area (Å²) in [5, 5.41) is 9.92. The number of esters is 1. The van der Waals surface area contributed by atoms with E-state index < -0.39 is 0 Å². The fourth-order valence-corrected chi connectivity index (χ4v) is 3.06. The largest absolute Gasteiger partial charge is 0.466 e. The summed E-state index contributed by atoms with van der Waals surface area (Å²) in [5.41, 5.74) is 0. The van der Waals surface area contributed by atoms with Crippen molar-refractivity contribution in [2.75, 3.05) is 6.61 Å². The molecule has 0 saturated carbocycles. The maximum absolute atomic E-state index is 11.4. The molecular weight excluding hydrogens is 312 g/mol. The number of rotatable bonds is 19. The van der Waals surface area contributed by atoms with Crippen molar-refractivity contribution in [1.82, 2.24) is 0 Å². The minimum Gasteiger partial charge on any atom is -0.466 e. The Kier molecular flexibility index (Phi) is 19.3. The van der Waals surface area contributed by atoms with Gasteiger partial charge in [0.25, 0.3) is 0 Å². The molecule has 1 N–H and O–H groups in total. The summed E-state index contributed by atoms with van der Waals surface area (Å²) in [6.07, 6.45) is 19.1. The molecule has 0 spiro atoms. The van der Waals surface area contributed by atoms with E-state index in [1.165, 1.54) is 64.2 Å². The number of hydrogen-bond donors (Lipinski definition) is 1. The Morgan fingerprint density at radius 2 is 1.20 bits per heavy atom. The van der Waals surface area contributed by atoms with Gasteiger partial charge >= 0.3 is 5.97 Å². The monoisotopic (exact) mass is 356 g/mol. The fraction of sp³-hybridized carbons (Fsp3) is 0.955. The predicted molar refractivity (Wildman–Crippen MR) is 107 cm³/mol. The van der Waals surface area contributed by atoms with Crippen molar-refractivity contribution in [3.63, 3.8) is 0 Å². The molecule has 0 aromatic carbocycles. The van der Waals surface area contributed by atoms with Crippen LogP contribution in [0.2, 0.25) is 0 Å². The second kappa shape index (κ2) is 19.8. The van der Waals surface area contributed by atoms with Crippen molar-refractivity contribution in [3.8, 4) is 0 Å². The first-order chi connectivity index (χ1) is 12.2. The number of aliphatic hydroxyl groups is 1. The Morgan fingerprint density at radius 1 is 0.720 bits per heavy atom. The third-order valence-electron chi connectivity index (χ3n) is 4.82. The maximum Gasteiger partial charge on any atom is 0.305 e. The zero-order valence-corrected chi connectivity index (χ0v) is 17.1. The highest BCUT2D eigenvalue weighted by molar-refractivity contribution is 5.69. The molecule has 0 aliphatic rings. The molecule has 0 rings (SSSR count). The van der Waals surface area contributed by atoms with Crippen molar-refractivity contribution in [2.45, 2.75) is 129 Å². The molecule has 3 nitrogen and oxygen atoms in total. The van der Waals surface area contributed by atoms with Gasteiger partial charge in [-0.2, -0.15) is 0 Å². The van der Waals surface area contributed by atoms with E-state index in [0.29, 0.717) is 13.0 Å². The van der Waals surface area contributed by atoms with Gasteiger partial charge in [0, 0.05) is 6.42 Å². The maximum atomic E-state index is 11.4. The molecule has 3 heteroatoms. The lowest BCUT2D eigenvalue weighted by Crippen LogP contribution is -2.05. The van der Waals surface area contributed by atoms with Crippen LogP contribution >= 0.6 is 0 Å². The molecule has 0 aliphatic carbocycles. The topological polar surface area (TPSA) is 46.5 Å². The van der Waals surface area contributed by atoms with Crippen LogP contribution < -0.4 is 0 Å². The average molecular weight is 357 g/mol. The molecule has 0 aromatic rings. The predicted octanol–water partition coefficient (Wildman–Crippen LogP) is 6.56. The molecule has 0 fully saturated rings. The summed E-state index contributed by atoms with van der Waals surface area (Å²) in [4.78, 5) is 11.4. The molecule has 0 amide bonds. The Hall–Kier alpha value is -0.570. The smallest absolute Gasteiger partial charge is 0.305 e. The average Bonchev–Trinajstić information content (AvgIpc) is 2.60. The van der Waals surface area contributed by atoms with Gasteiger partial charge in [-0.05, 0) is 25.7 Å². The molecule has 0 aliphatic heterocycles. The van der Waals surface area contributed by atoms with Crippen LogP contribution in [-0.2, 0) is 9.53 Å². The van der Waals surface area contributed by atoms with E-state index in [2.05, 4.69) is 13.8 Å². The van der Waals surface area contributed by atoms with Gasteiger partial charge in [-0.15, -0.1) is 0 Å². The molecule has 0 saturated heterocycles. The van der Waals surface area contributed by atoms with Crippen LogP contribution in [-0.4, -0.2) is 23.8 Å². The van der Waals surface area contributed by atoms with Gasteiger partial charge in [-0.1, -0.05) is 90.9 Å². The summed E-state index contributed by atoms with van der Waals surface area (Å²) >= 11 is 0. The van der Waals surface area contributed by atoms with Gasteiger partial charge in [0.05, 0.1) is 12.7 Å². The van der Waals surface area contributed by atoms with E-state index in [0.717, 1.165) is 38.5 Å². The molecule has 1 atom stereocenters. The van der Waals surface area contributed by atoms with Gasteiger partial charge in [-0.3, -0.25) is 4.79 Å². The van der Waals surface area contributed by atoms with Crippen LogP contribution in [0, 0.1) is 0 Å². The van der Waals surface area contributed by atoms with E-state index in [-0.39, 0.29) is 12.1 Å². The molecule has 0 bridgehead atoms. The number of unbranched alkanes of at least 4 members (excludes halogenated alkanes) is 11. The van der Waals surface area contributed by atoms with Crippen molar-refractivity contribution in [2.24, 2.45) is 0 Å². The Labute approximate surface area is 156 Å². The first-order valence-corrected chi connectivity index (χ1v) is 11.0. The Morgan fingerprint density at radius 3 is 1.76 bits per heavy atom. The molecule has 0 radical (unpaired) electrons. The van der Waals surface area contributed by atoms with Crippen LogP contribution in [0.3, 0.4) is 0 Å². The number of carbonyl (C=O) groups excluding carboxylic acids is 1. The third kappa shape index (κ3) is 19.6. The zero-order valence-electron chi connectivity index (χ0n) is 17.1. The molecular formula is C22H44O3. The minimum atomic E-state index is -0.0751. The molecule has 150 valence electrons. The highest BCUT2D eigenvalue weighted by Gasteiger charge is 2.04. The lowest BCUT2D eigenvalue weighted by Gasteiger charge is -2.10. The summed E-state index contributed by atoms with van der Waals surface area (Å²) < 4.78 is 5.15. The number of aliphatic hydroxyl groups excluding tert-OH is 1. The summed E-state index contributed by atoms with van der Waals surface area (Å²) in [7, 11) is 0. The van der Waals surface area contributed by atoms with Gasteiger partial charge in [0.15, 0.2) is 0 Å². The summed E-state index contributed by atoms with van der Waals surface area (Å²) in [6.45, 7) is 4.91. The highest BCUT2D eigenvalue weighted by Crippen LogP contribution is 2.14. The fourth-order valence-electron chi connectivity index (χ4n) is 3.06. The highest BCUT2D eigenvalue weighted by atomic mass is 16.5. The molecule has 1 unspecified atom stereocenters. The van der Waals surface area contributed by atoms with Crippen molar-refractivity contribution in [3.05, 3.63) is 0 Å². The van der Waals surface area contributed by atoms with E-state index in [9.17, 15) is 9.90 Å². The number of carbonyl (C=O) groups is 1. The summed E-state index contributed by atoms with van der Waals surface area (Å²) in [5.74, 6) is -0.0262. The van der Waals surface area contributed by atoms with Crippen molar-refractivity contribution >= 4 is 5.97 Å². The third-order valence-corrected chi connectivity index (χ3v) is 4.82. The van der Waals surface area contributed by atoms with Gasteiger partial charge < -0.3 is 9.84 Å². The van der Waals surface area contributed by atoms with Gasteiger partial charge in [0.2, 0.25) is 0 Å². The lowest BCUT2D eigenvalue weighted by atomic mass is 10.0. The first kappa shape index (κ1) is 24.4. The van der Waals surface area contributed by atoms with Gasteiger partial charge in [-0.25, -0.2) is 0 Å². The van der Waals surface area contributed by atoms with E-state index in [4.69, 9.17) is 4.74 Å². The summed E-state index contributed by atoms with van der Waals surface area (Å²) in [6, 6.07) is 0. The Balaban J connectivity index is 3.19. The van der Waals surface area contributed by atoms with Crippen molar-refractivity contribution < 1.29 is 14.6 Å². The normalized spacial score (nSPS) is 12.3. The minimum absolute atomic E-state index is 0.0262. The number of hydrogen-bond acceptors (Lipinski definition) is 3. The second-order valence-electron chi connectivity index (χ2n) is 7.44. The van der Waals surface area contributed by atoms with E-state index >= 15 is 0 Å².